The number of hydrogen-bond donors (Lipinski definition) is 4. The molecule has 0 aliphatic heterocycles. The van der Waals surface area contributed by atoms with Gasteiger partial charge in [0.05, 0.1) is 16.0 Å². The van der Waals surface area contributed by atoms with Gasteiger partial charge >= 0.3 is 0 Å². The Hall–Kier alpha value is -3.58. The van der Waals surface area contributed by atoms with Crippen molar-refractivity contribution in [1.29, 1.82) is 0 Å². The molecular weight excluding hydrogens is 472 g/mol. The summed E-state index contributed by atoms with van der Waals surface area (Å²) in [5.41, 5.74) is -0.0765. The molecule has 12 heteroatoms. The van der Waals surface area contributed by atoms with Gasteiger partial charge in [0, 0.05) is 6.07 Å². The van der Waals surface area contributed by atoms with Crippen LogP contribution in [0, 0.1) is 0 Å². The monoisotopic (exact) mass is 490 g/mol. The van der Waals surface area contributed by atoms with E-state index in [4.69, 9.17) is 0 Å². The Morgan fingerprint density at radius 3 is 2.24 bits per heavy atom. The van der Waals surface area contributed by atoms with E-state index in [-0.39, 0.29) is 16.5 Å². The molecule has 1 aliphatic carbocycles. The maximum atomic E-state index is 12.0. The topological polar surface area (TPSA) is 174 Å². The van der Waals surface area contributed by atoms with E-state index in [1.165, 1.54) is 0 Å². The van der Waals surface area contributed by atoms with Gasteiger partial charge in [0.2, 0.25) is 0 Å². The first-order valence-electron chi connectivity index (χ1n) is 9.18. The number of allylic oxidation sites excluding steroid dienone is 7. The summed E-state index contributed by atoms with van der Waals surface area (Å²) in [4.78, 5) is -1.65. The van der Waals surface area contributed by atoms with Crippen LogP contribution < -0.4 is 0 Å². The van der Waals surface area contributed by atoms with E-state index in [0.29, 0.717) is 18.1 Å². The molecule has 0 radical (unpaired) electrons. The number of rotatable bonds is 4. The molecule has 0 heterocycles. The minimum absolute atomic E-state index is 0.213. The van der Waals surface area contributed by atoms with Crippen molar-refractivity contribution in [1.82, 2.24) is 0 Å². The average Bonchev–Trinajstić information content (AvgIpc) is 2.71. The lowest BCUT2D eigenvalue weighted by atomic mass is 10.1. The Kier molecular flexibility index (Phi) is 6.65. The Morgan fingerprint density at radius 2 is 1.58 bits per heavy atom. The quantitative estimate of drug-likeness (QED) is 0.361. The number of phenolic OH excluding ortho intramolecular Hbond substituents is 2. The van der Waals surface area contributed by atoms with Gasteiger partial charge < -0.3 is 10.2 Å². The maximum Gasteiger partial charge on any atom is 0.296 e. The highest BCUT2D eigenvalue weighted by atomic mass is 32.2. The highest BCUT2D eigenvalue weighted by molar-refractivity contribution is 7.86. The summed E-state index contributed by atoms with van der Waals surface area (Å²) in [7, 11) is -9.75. The second kappa shape index (κ2) is 9.11. The second-order valence-corrected chi connectivity index (χ2v) is 9.60. The minimum atomic E-state index is -4.99. The summed E-state index contributed by atoms with van der Waals surface area (Å²) in [5, 5.41) is 27.9. The fourth-order valence-electron chi connectivity index (χ4n) is 2.92. The summed E-state index contributed by atoms with van der Waals surface area (Å²) in [6, 6.07) is 2.27. The predicted molar refractivity (Wildman–Crippen MR) is 121 cm³/mol. The molecule has 0 spiro atoms. The van der Waals surface area contributed by atoms with E-state index >= 15 is 0 Å². The standard InChI is InChI=1S/C21H18N2O8S2/c1-13-8-6-4-2-3-5-7-9-16(13)22-23-20-18(33(29,30)31)11-14-10-15(32(26,27)28)12-17(24)19(14)21(20)25/h2,4-12,24-25H,1,3H2,(H,26,27,28)(H,29,30,31)/b4-2-,7-5-,8-6-,16-9+,23-22+. The first kappa shape index (κ1) is 24.1. The molecule has 0 aromatic heterocycles. The van der Waals surface area contributed by atoms with E-state index in [2.05, 4.69) is 16.8 Å². The fraction of sp³-hybridized carbons (Fsp3) is 0.0476. The zero-order valence-corrected chi connectivity index (χ0v) is 18.5. The molecular formula is C21H18N2O8S2. The molecule has 0 bridgehead atoms. The number of fused-ring (bicyclic) bond motifs is 1. The van der Waals surface area contributed by atoms with Gasteiger partial charge in [-0.05, 0) is 35.6 Å². The third-order valence-electron chi connectivity index (χ3n) is 4.47. The number of azo groups is 1. The molecule has 33 heavy (non-hydrogen) atoms. The van der Waals surface area contributed by atoms with Crippen molar-refractivity contribution in [3.05, 3.63) is 78.6 Å². The molecule has 0 fully saturated rings. The van der Waals surface area contributed by atoms with Crippen LogP contribution in [-0.2, 0) is 20.2 Å². The van der Waals surface area contributed by atoms with Crippen LogP contribution in [0.1, 0.15) is 6.42 Å². The highest BCUT2D eigenvalue weighted by Gasteiger charge is 2.25. The average molecular weight is 491 g/mol. The summed E-state index contributed by atoms with van der Waals surface area (Å²) >= 11 is 0. The number of benzene rings is 2. The number of aromatic hydroxyl groups is 2. The number of hydrogen-bond acceptors (Lipinski definition) is 8. The van der Waals surface area contributed by atoms with Crippen molar-refractivity contribution in [2.75, 3.05) is 0 Å². The van der Waals surface area contributed by atoms with Crippen LogP contribution in [0.5, 0.6) is 11.5 Å². The van der Waals surface area contributed by atoms with Crippen LogP contribution in [0.4, 0.5) is 5.69 Å². The third kappa shape index (κ3) is 5.43. The SMILES string of the molecule is C=C1/C=C\C=C/C\C=C/C=C1/N=N/c1c(S(=O)(=O)O)cc2cc(S(=O)(=O)O)cc(O)c2c1O. The van der Waals surface area contributed by atoms with Crippen molar-refractivity contribution < 1.29 is 36.2 Å². The van der Waals surface area contributed by atoms with Gasteiger partial charge in [0.25, 0.3) is 20.2 Å². The molecule has 0 saturated heterocycles. The van der Waals surface area contributed by atoms with Gasteiger partial charge in [0.15, 0.2) is 5.75 Å². The zero-order chi connectivity index (χ0) is 24.4. The summed E-state index contributed by atoms with van der Waals surface area (Å²) in [6.45, 7) is 3.84. The normalized spacial score (nSPS) is 19.8. The van der Waals surface area contributed by atoms with Gasteiger partial charge in [0.1, 0.15) is 16.3 Å². The smallest absolute Gasteiger partial charge is 0.296 e. The first-order chi connectivity index (χ1) is 15.4. The lowest BCUT2D eigenvalue weighted by Gasteiger charge is -2.11. The van der Waals surface area contributed by atoms with Crippen molar-refractivity contribution in [3.63, 3.8) is 0 Å². The fourth-order valence-corrected chi connectivity index (χ4v) is 4.11. The third-order valence-corrected chi connectivity index (χ3v) is 6.17. The van der Waals surface area contributed by atoms with Gasteiger partial charge in [-0.2, -0.15) is 16.8 Å². The molecule has 1 aliphatic rings. The molecule has 2 aromatic rings. The lowest BCUT2D eigenvalue weighted by Crippen LogP contribution is -2.01. The van der Waals surface area contributed by atoms with Crippen LogP contribution in [0.2, 0.25) is 0 Å². The van der Waals surface area contributed by atoms with Crippen molar-refractivity contribution >= 4 is 36.7 Å². The van der Waals surface area contributed by atoms with Gasteiger partial charge in [-0.3, -0.25) is 9.11 Å². The largest absolute Gasteiger partial charge is 0.507 e. The molecule has 0 saturated carbocycles. The van der Waals surface area contributed by atoms with Gasteiger partial charge in [-0.1, -0.05) is 43.0 Å². The summed E-state index contributed by atoms with van der Waals surface area (Å²) < 4.78 is 65.7. The second-order valence-electron chi connectivity index (χ2n) is 6.79. The molecule has 0 atom stereocenters. The minimum Gasteiger partial charge on any atom is -0.507 e. The molecule has 0 unspecified atom stereocenters. The molecule has 2 aromatic carbocycles. The van der Waals surface area contributed by atoms with Gasteiger partial charge in [-0.25, -0.2) is 0 Å². The van der Waals surface area contributed by atoms with Crippen LogP contribution in [-0.4, -0.2) is 36.2 Å². The first-order valence-corrected chi connectivity index (χ1v) is 12.1. The lowest BCUT2D eigenvalue weighted by molar-refractivity contribution is 0.457. The highest BCUT2D eigenvalue weighted by Crippen LogP contribution is 2.45. The Balaban J connectivity index is 2.26. The number of nitrogens with zero attached hydrogens (tertiary/aromatic N) is 2. The van der Waals surface area contributed by atoms with Gasteiger partial charge in [-0.15, -0.1) is 10.2 Å². The van der Waals surface area contributed by atoms with Crippen LogP contribution in [0.15, 0.2) is 98.6 Å². The zero-order valence-electron chi connectivity index (χ0n) is 16.8. The van der Waals surface area contributed by atoms with E-state index in [9.17, 15) is 36.2 Å². The summed E-state index contributed by atoms with van der Waals surface area (Å²) in [5.74, 6) is -1.67. The van der Waals surface area contributed by atoms with E-state index < -0.39 is 47.2 Å². The predicted octanol–water partition coefficient (Wildman–Crippen LogP) is 4.34. The van der Waals surface area contributed by atoms with E-state index in [1.54, 1.807) is 30.4 Å². The maximum absolute atomic E-state index is 12.0. The Labute approximate surface area is 189 Å². The van der Waals surface area contributed by atoms with E-state index in [0.717, 1.165) is 12.1 Å². The van der Waals surface area contributed by atoms with Crippen molar-refractivity contribution in [3.8, 4) is 11.5 Å². The van der Waals surface area contributed by atoms with Crippen molar-refractivity contribution in [2.24, 2.45) is 10.2 Å². The van der Waals surface area contributed by atoms with Crippen LogP contribution in [0.3, 0.4) is 0 Å². The van der Waals surface area contributed by atoms with E-state index in [1.807, 2.05) is 12.2 Å². The molecule has 0 amide bonds. The van der Waals surface area contributed by atoms with Crippen LogP contribution in [0.25, 0.3) is 10.8 Å². The summed E-state index contributed by atoms with van der Waals surface area (Å²) in [6.07, 6.45) is 12.8. The number of phenols is 2. The van der Waals surface area contributed by atoms with Crippen molar-refractivity contribution in [2.45, 2.75) is 16.2 Å². The molecule has 4 N–H and O–H groups in total. The molecule has 3 rings (SSSR count). The molecule has 172 valence electrons. The Morgan fingerprint density at radius 1 is 0.879 bits per heavy atom. The molecule has 10 nitrogen and oxygen atoms in total. The Bertz CT molecular complexity index is 1510. The van der Waals surface area contributed by atoms with Crippen LogP contribution >= 0.6 is 0 Å².